The van der Waals surface area contributed by atoms with Crippen LogP contribution in [0, 0.1) is 24.7 Å². The van der Waals surface area contributed by atoms with Crippen LogP contribution in [0.4, 0.5) is 0 Å². The molecule has 0 radical (unpaired) electrons. The Labute approximate surface area is 134 Å². The van der Waals surface area contributed by atoms with Crippen LogP contribution < -0.4 is 0 Å². The average Bonchev–Trinajstić information content (AvgIpc) is 2.53. The number of rotatable bonds is 8. The van der Waals surface area contributed by atoms with Crippen molar-refractivity contribution in [3.63, 3.8) is 0 Å². The molecular weight excluding hydrogens is 272 g/mol. The Hall–Kier alpha value is -2.19. The summed E-state index contributed by atoms with van der Waals surface area (Å²) in [5.74, 6) is 4.61. The van der Waals surface area contributed by atoms with E-state index >= 15 is 0 Å². The molecule has 2 heteroatoms. The first-order valence-corrected chi connectivity index (χ1v) is 7.90. The van der Waals surface area contributed by atoms with E-state index in [1.54, 1.807) is 18.2 Å². The highest BCUT2D eigenvalue weighted by molar-refractivity contribution is 5.93. The SMILES string of the molecule is C#Cc1ccc(C#C)c(C(=O)O[C@H](C)CCCCCCC)c1. The zero-order valence-corrected chi connectivity index (χ0v) is 13.5. The second-order valence-corrected chi connectivity index (χ2v) is 5.47. The number of hydrogen-bond acceptors (Lipinski definition) is 2. The molecule has 2 nitrogen and oxygen atoms in total. The third-order valence-electron chi connectivity index (χ3n) is 3.58. The summed E-state index contributed by atoms with van der Waals surface area (Å²) < 4.78 is 5.48. The Kier molecular flexibility index (Phi) is 7.87. The lowest BCUT2D eigenvalue weighted by Crippen LogP contribution is -2.16. The van der Waals surface area contributed by atoms with Crippen LogP contribution in [-0.2, 0) is 4.74 Å². The van der Waals surface area contributed by atoms with E-state index in [-0.39, 0.29) is 6.10 Å². The summed E-state index contributed by atoms with van der Waals surface area (Å²) in [5.41, 5.74) is 1.51. The highest BCUT2D eigenvalue weighted by Crippen LogP contribution is 2.15. The highest BCUT2D eigenvalue weighted by Gasteiger charge is 2.15. The first-order chi connectivity index (χ1) is 10.6. The second-order valence-electron chi connectivity index (χ2n) is 5.47. The first-order valence-electron chi connectivity index (χ1n) is 7.90. The van der Waals surface area contributed by atoms with Gasteiger partial charge in [-0.2, -0.15) is 0 Å². The Bertz CT molecular complexity index is 572. The van der Waals surface area contributed by atoms with E-state index in [2.05, 4.69) is 18.8 Å². The van der Waals surface area contributed by atoms with Gasteiger partial charge in [0.15, 0.2) is 0 Å². The Morgan fingerprint density at radius 2 is 1.91 bits per heavy atom. The fourth-order valence-corrected chi connectivity index (χ4v) is 2.27. The van der Waals surface area contributed by atoms with E-state index in [4.69, 9.17) is 17.6 Å². The molecule has 0 N–H and O–H groups in total. The number of esters is 1. The van der Waals surface area contributed by atoms with Gasteiger partial charge in [0.2, 0.25) is 0 Å². The monoisotopic (exact) mass is 296 g/mol. The summed E-state index contributed by atoms with van der Waals surface area (Å²) in [7, 11) is 0. The molecule has 0 spiro atoms. The van der Waals surface area contributed by atoms with Crippen molar-refractivity contribution in [1.82, 2.24) is 0 Å². The molecule has 1 aromatic rings. The third-order valence-corrected chi connectivity index (χ3v) is 3.58. The predicted molar refractivity (Wildman–Crippen MR) is 90.6 cm³/mol. The van der Waals surface area contributed by atoms with Gasteiger partial charge in [-0.25, -0.2) is 4.79 Å². The molecule has 1 aromatic carbocycles. The quantitative estimate of drug-likeness (QED) is 0.399. The molecule has 0 bridgehead atoms. The van der Waals surface area contributed by atoms with Crippen LogP contribution >= 0.6 is 0 Å². The summed E-state index contributed by atoms with van der Waals surface area (Å²) in [6.45, 7) is 4.11. The largest absolute Gasteiger partial charge is 0.459 e. The number of carbonyl (C=O) groups is 1. The standard InChI is InChI=1S/C20H24O2/c1-5-8-9-10-11-12-16(4)22-20(21)19-15-17(6-2)13-14-18(19)7-3/h2-3,13-16H,5,8-12H2,1,4H3/t16-/m1/s1. The zero-order chi connectivity index (χ0) is 16.4. The number of terminal acetylenes is 2. The van der Waals surface area contributed by atoms with Crippen molar-refractivity contribution < 1.29 is 9.53 Å². The minimum absolute atomic E-state index is 0.116. The summed E-state index contributed by atoms with van der Waals surface area (Å²) in [4.78, 5) is 12.3. The molecule has 0 saturated carbocycles. The molecule has 0 aliphatic carbocycles. The van der Waals surface area contributed by atoms with Gasteiger partial charge in [-0.3, -0.25) is 0 Å². The minimum atomic E-state index is -0.397. The second kappa shape index (κ2) is 9.69. The van der Waals surface area contributed by atoms with Gasteiger partial charge in [0.1, 0.15) is 0 Å². The molecule has 0 aromatic heterocycles. The Morgan fingerprint density at radius 1 is 1.18 bits per heavy atom. The first kappa shape index (κ1) is 17.9. The number of hydrogen-bond donors (Lipinski definition) is 0. The third kappa shape index (κ3) is 5.66. The molecule has 0 aliphatic heterocycles. The minimum Gasteiger partial charge on any atom is -0.459 e. The topological polar surface area (TPSA) is 26.3 Å². The van der Waals surface area contributed by atoms with Crippen molar-refractivity contribution in [1.29, 1.82) is 0 Å². The summed E-state index contributed by atoms with van der Waals surface area (Å²) in [6.07, 6.45) is 17.5. The molecule has 0 unspecified atom stereocenters. The average molecular weight is 296 g/mol. The van der Waals surface area contributed by atoms with Crippen molar-refractivity contribution in [2.75, 3.05) is 0 Å². The fraction of sp³-hybridized carbons (Fsp3) is 0.450. The van der Waals surface area contributed by atoms with E-state index in [0.717, 1.165) is 12.8 Å². The van der Waals surface area contributed by atoms with Crippen molar-refractivity contribution >= 4 is 5.97 Å². The predicted octanol–water partition coefficient (Wildman–Crippen LogP) is 4.56. The number of benzene rings is 1. The van der Waals surface area contributed by atoms with E-state index < -0.39 is 5.97 Å². The number of unbranched alkanes of at least 4 members (excludes halogenated alkanes) is 4. The van der Waals surface area contributed by atoms with Gasteiger partial charge >= 0.3 is 5.97 Å². The van der Waals surface area contributed by atoms with Crippen molar-refractivity contribution in [2.45, 2.75) is 58.5 Å². The van der Waals surface area contributed by atoms with Gasteiger partial charge < -0.3 is 4.74 Å². The van der Waals surface area contributed by atoms with Crippen LogP contribution in [0.5, 0.6) is 0 Å². The molecule has 1 rings (SSSR count). The van der Waals surface area contributed by atoms with Gasteiger partial charge in [-0.15, -0.1) is 12.8 Å². The summed E-state index contributed by atoms with van der Waals surface area (Å²) in [6, 6.07) is 5.02. The van der Waals surface area contributed by atoms with Gasteiger partial charge in [-0.1, -0.05) is 44.4 Å². The van der Waals surface area contributed by atoms with E-state index in [1.807, 2.05) is 6.92 Å². The maximum absolute atomic E-state index is 12.3. The molecule has 0 heterocycles. The highest BCUT2D eigenvalue weighted by atomic mass is 16.5. The lowest BCUT2D eigenvalue weighted by molar-refractivity contribution is 0.0319. The van der Waals surface area contributed by atoms with Gasteiger partial charge in [0.25, 0.3) is 0 Å². The molecule has 0 saturated heterocycles. The lowest BCUT2D eigenvalue weighted by Gasteiger charge is -2.14. The van der Waals surface area contributed by atoms with Crippen LogP contribution in [0.1, 0.15) is 73.9 Å². The molecule has 0 amide bonds. The Balaban J connectivity index is 2.58. The normalized spacial score (nSPS) is 11.3. The van der Waals surface area contributed by atoms with Crippen LogP contribution in [0.25, 0.3) is 0 Å². The zero-order valence-electron chi connectivity index (χ0n) is 13.5. The summed E-state index contributed by atoms with van der Waals surface area (Å²) >= 11 is 0. The van der Waals surface area contributed by atoms with Crippen LogP contribution in [-0.4, -0.2) is 12.1 Å². The van der Waals surface area contributed by atoms with E-state index in [9.17, 15) is 4.79 Å². The number of ether oxygens (including phenoxy) is 1. The Morgan fingerprint density at radius 3 is 2.55 bits per heavy atom. The molecular formula is C20H24O2. The molecule has 0 aliphatic rings. The van der Waals surface area contributed by atoms with Gasteiger partial charge in [0.05, 0.1) is 11.7 Å². The van der Waals surface area contributed by atoms with Crippen LogP contribution in [0.15, 0.2) is 18.2 Å². The lowest BCUT2D eigenvalue weighted by atomic mass is 10.0. The maximum Gasteiger partial charge on any atom is 0.339 e. The van der Waals surface area contributed by atoms with Crippen LogP contribution in [0.3, 0.4) is 0 Å². The van der Waals surface area contributed by atoms with Crippen molar-refractivity contribution in [2.24, 2.45) is 0 Å². The number of carbonyl (C=O) groups excluding carboxylic acids is 1. The van der Waals surface area contributed by atoms with E-state index in [1.165, 1.54) is 25.7 Å². The smallest absolute Gasteiger partial charge is 0.339 e. The van der Waals surface area contributed by atoms with Crippen molar-refractivity contribution in [3.05, 3.63) is 34.9 Å². The molecule has 116 valence electrons. The fourth-order valence-electron chi connectivity index (χ4n) is 2.27. The van der Waals surface area contributed by atoms with Gasteiger partial charge in [0, 0.05) is 11.1 Å². The van der Waals surface area contributed by atoms with E-state index in [0.29, 0.717) is 16.7 Å². The van der Waals surface area contributed by atoms with Crippen LogP contribution in [0.2, 0.25) is 0 Å². The maximum atomic E-state index is 12.3. The summed E-state index contributed by atoms with van der Waals surface area (Å²) in [5, 5.41) is 0. The molecule has 1 atom stereocenters. The molecule has 22 heavy (non-hydrogen) atoms. The van der Waals surface area contributed by atoms with Crippen molar-refractivity contribution in [3.8, 4) is 24.7 Å². The van der Waals surface area contributed by atoms with Gasteiger partial charge in [-0.05, 0) is 38.0 Å². The molecule has 0 fully saturated rings.